The lowest BCUT2D eigenvalue weighted by Crippen LogP contribution is -2.28. The number of hydrogen-bond acceptors (Lipinski definition) is 6. The molecule has 0 aliphatic carbocycles. The number of aromatic hydroxyl groups is 1. The summed E-state index contributed by atoms with van der Waals surface area (Å²) in [7, 11) is 0. The first-order chi connectivity index (χ1) is 15.6. The average Bonchev–Trinajstić information content (AvgIpc) is 3.44. The van der Waals surface area contributed by atoms with E-state index < -0.39 is 11.5 Å². The molecule has 3 heterocycles. The van der Waals surface area contributed by atoms with Gasteiger partial charge < -0.3 is 23.9 Å². The van der Waals surface area contributed by atoms with Crippen LogP contribution in [0.25, 0.3) is 10.9 Å². The monoisotopic (exact) mass is 437 g/mol. The number of aromatic nitrogens is 1. The van der Waals surface area contributed by atoms with Gasteiger partial charge in [-0.05, 0) is 37.5 Å². The summed E-state index contributed by atoms with van der Waals surface area (Å²) < 4.78 is 17.1. The van der Waals surface area contributed by atoms with E-state index in [0.717, 1.165) is 31.6 Å². The van der Waals surface area contributed by atoms with Crippen LogP contribution in [0.15, 0.2) is 59.4 Å². The molecule has 2 aliphatic heterocycles. The first-order valence-corrected chi connectivity index (χ1v) is 10.9. The number of rotatable bonds is 4. The van der Waals surface area contributed by atoms with Gasteiger partial charge in [-0.2, -0.15) is 0 Å². The second-order valence-corrected chi connectivity index (χ2v) is 7.73. The Kier molecular flexibility index (Phi) is 6.87. The van der Waals surface area contributed by atoms with Gasteiger partial charge >= 0.3 is 5.97 Å². The van der Waals surface area contributed by atoms with Crippen molar-refractivity contribution in [2.75, 3.05) is 19.8 Å². The molecule has 0 bridgehead atoms. The molecule has 7 heteroatoms. The zero-order chi connectivity index (χ0) is 22.5. The number of carbonyl (C=O) groups is 1. The van der Waals surface area contributed by atoms with E-state index in [1.807, 2.05) is 30.3 Å². The van der Waals surface area contributed by atoms with E-state index in [4.69, 9.17) is 14.2 Å². The summed E-state index contributed by atoms with van der Waals surface area (Å²) in [4.78, 5) is 25.0. The Morgan fingerprint density at radius 3 is 2.31 bits per heavy atom. The van der Waals surface area contributed by atoms with Gasteiger partial charge in [-0.15, -0.1) is 0 Å². The molecule has 0 radical (unpaired) electrons. The number of carbonyl (C=O) groups excluding carboxylic acids is 1. The summed E-state index contributed by atoms with van der Waals surface area (Å²) in [6, 6.07) is 16.4. The van der Waals surface area contributed by atoms with E-state index >= 15 is 0 Å². The van der Waals surface area contributed by atoms with E-state index in [1.165, 1.54) is 4.57 Å². The second-order valence-electron chi connectivity index (χ2n) is 7.73. The lowest BCUT2D eigenvalue weighted by Gasteiger charge is -2.14. The van der Waals surface area contributed by atoms with Crippen LogP contribution in [-0.2, 0) is 20.8 Å². The molecule has 0 spiro atoms. The molecule has 7 nitrogen and oxygen atoms in total. The molecule has 2 aliphatic rings. The van der Waals surface area contributed by atoms with Crippen LogP contribution in [0, 0.1) is 0 Å². The highest BCUT2D eigenvalue weighted by molar-refractivity contribution is 5.99. The standard InChI is InChI=1S/C19H17NO4.C6H10O2/c1-2-24-19(23)16-17(21)14-10-6-7-11-15(14)20(18(16)22)12-13-8-4-3-5-9-13;1-3-7-6-2-4-8-5(1)6/h3-11,21H,2,12H2,1H3;5-6H,1-4H2/t;5-,6-/m.1/s1. The number of para-hydroxylation sites is 1. The molecule has 168 valence electrons. The molecule has 2 fully saturated rings. The number of fused-ring (bicyclic) bond motifs is 2. The highest BCUT2D eigenvalue weighted by Crippen LogP contribution is 2.27. The first kappa shape index (κ1) is 22.0. The maximum atomic E-state index is 12.8. The van der Waals surface area contributed by atoms with Crippen LogP contribution in [0.2, 0.25) is 0 Å². The van der Waals surface area contributed by atoms with Crippen LogP contribution >= 0.6 is 0 Å². The van der Waals surface area contributed by atoms with Crippen molar-refractivity contribution >= 4 is 16.9 Å². The van der Waals surface area contributed by atoms with Crippen molar-refractivity contribution in [3.8, 4) is 5.75 Å². The van der Waals surface area contributed by atoms with Crippen molar-refractivity contribution in [3.05, 3.63) is 76.1 Å². The number of nitrogens with zero attached hydrogens (tertiary/aromatic N) is 1. The van der Waals surface area contributed by atoms with Crippen molar-refractivity contribution in [2.24, 2.45) is 0 Å². The van der Waals surface area contributed by atoms with Crippen molar-refractivity contribution in [3.63, 3.8) is 0 Å². The largest absolute Gasteiger partial charge is 0.506 e. The Bertz CT molecular complexity index is 1120. The van der Waals surface area contributed by atoms with Crippen LogP contribution in [0.3, 0.4) is 0 Å². The van der Waals surface area contributed by atoms with Crippen LogP contribution in [0.4, 0.5) is 0 Å². The molecule has 0 saturated carbocycles. The van der Waals surface area contributed by atoms with Crippen LogP contribution < -0.4 is 5.56 Å². The Morgan fingerprint density at radius 1 is 1.03 bits per heavy atom. The van der Waals surface area contributed by atoms with Gasteiger partial charge in [-0.1, -0.05) is 42.5 Å². The van der Waals surface area contributed by atoms with Gasteiger partial charge in [-0.3, -0.25) is 4.79 Å². The van der Waals surface area contributed by atoms with Crippen molar-refractivity contribution < 1.29 is 24.1 Å². The van der Waals surface area contributed by atoms with E-state index in [0.29, 0.717) is 29.7 Å². The van der Waals surface area contributed by atoms with Gasteiger partial charge in [0.15, 0.2) is 5.56 Å². The fraction of sp³-hybridized carbons (Fsp3) is 0.360. The smallest absolute Gasteiger partial charge is 0.347 e. The Morgan fingerprint density at radius 2 is 1.66 bits per heavy atom. The summed E-state index contributed by atoms with van der Waals surface area (Å²) >= 11 is 0. The molecule has 32 heavy (non-hydrogen) atoms. The summed E-state index contributed by atoms with van der Waals surface area (Å²) in [5.41, 5.74) is 0.599. The number of hydrogen-bond donors (Lipinski definition) is 1. The second kappa shape index (κ2) is 9.97. The predicted molar refractivity (Wildman–Crippen MR) is 120 cm³/mol. The van der Waals surface area contributed by atoms with Gasteiger partial charge in [0.2, 0.25) is 0 Å². The fourth-order valence-electron chi connectivity index (χ4n) is 4.12. The molecule has 2 aromatic carbocycles. The Labute approximate surface area is 186 Å². The topological polar surface area (TPSA) is 87.0 Å². The van der Waals surface area contributed by atoms with Crippen LogP contribution in [0.5, 0.6) is 5.75 Å². The lowest BCUT2D eigenvalue weighted by atomic mass is 10.1. The van der Waals surface area contributed by atoms with E-state index in [-0.39, 0.29) is 17.9 Å². The van der Waals surface area contributed by atoms with Gasteiger partial charge in [0.25, 0.3) is 5.56 Å². The molecule has 1 aromatic heterocycles. The molecular formula is C25H27NO6. The first-order valence-electron chi connectivity index (χ1n) is 10.9. The molecule has 3 aromatic rings. The summed E-state index contributed by atoms with van der Waals surface area (Å²) in [6.45, 7) is 3.90. The quantitative estimate of drug-likeness (QED) is 0.629. The van der Waals surface area contributed by atoms with Crippen molar-refractivity contribution in [2.45, 2.75) is 38.5 Å². The molecule has 5 rings (SSSR count). The average molecular weight is 437 g/mol. The third-order valence-electron chi connectivity index (χ3n) is 5.69. The summed E-state index contributed by atoms with van der Waals surface area (Å²) in [5, 5.41) is 10.8. The summed E-state index contributed by atoms with van der Waals surface area (Å²) in [5.74, 6) is -1.15. The minimum absolute atomic E-state index is 0.128. The molecule has 0 unspecified atom stereocenters. The molecule has 2 atom stereocenters. The molecule has 2 saturated heterocycles. The van der Waals surface area contributed by atoms with Crippen molar-refractivity contribution in [1.29, 1.82) is 0 Å². The maximum absolute atomic E-state index is 12.8. The van der Waals surface area contributed by atoms with Crippen LogP contribution in [0.1, 0.15) is 35.7 Å². The number of ether oxygens (including phenoxy) is 3. The van der Waals surface area contributed by atoms with Gasteiger partial charge in [-0.25, -0.2) is 4.79 Å². The SMILES string of the molecule is C1C[C@H]2OCC[C@H]2O1.CCOC(=O)c1c(O)c2ccccc2n(Cc2ccccc2)c1=O. The fourth-order valence-corrected chi connectivity index (χ4v) is 4.12. The number of pyridine rings is 1. The highest BCUT2D eigenvalue weighted by atomic mass is 16.6. The minimum atomic E-state index is -0.812. The zero-order valence-corrected chi connectivity index (χ0v) is 18.0. The minimum Gasteiger partial charge on any atom is -0.506 e. The molecule has 0 amide bonds. The van der Waals surface area contributed by atoms with Gasteiger partial charge in [0.1, 0.15) is 5.75 Å². The Hall–Kier alpha value is -3.16. The summed E-state index contributed by atoms with van der Waals surface area (Å²) in [6.07, 6.45) is 3.14. The van der Waals surface area contributed by atoms with E-state index in [1.54, 1.807) is 31.2 Å². The lowest BCUT2D eigenvalue weighted by molar-refractivity contribution is 0.0520. The van der Waals surface area contributed by atoms with E-state index in [9.17, 15) is 14.7 Å². The maximum Gasteiger partial charge on any atom is 0.347 e. The van der Waals surface area contributed by atoms with Gasteiger partial charge in [0, 0.05) is 18.6 Å². The van der Waals surface area contributed by atoms with Crippen molar-refractivity contribution in [1.82, 2.24) is 4.57 Å². The molecular weight excluding hydrogens is 410 g/mol. The molecule has 1 N–H and O–H groups in total. The highest BCUT2D eigenvalue weighted by Gasteiger charge is 2.33. The van der Waals surface area contributed by atoms with Crippen LogP contribution in [-0.4, -0.2) is 47.7 Å². The Balaban J connectivity index is 0.000000254. The number of esters is 1. The third-order valence-corrected chi connectivity index (χ3v) is 5.69. The van der Waals surface area contributed by atoms with Gasteiger partial charge in [0.05, 0.1) is 30.9 Å². The van der Waals surface area contributed by atoms with E-state index in [2.05, 4.69) is 0 Å². The third kappa shape index (κ3) is 4.54. The normalized spacial score (nSPS) is 19.3. The zero-order valence-electron chi connectivity index (χ0n) is 18.0. The predicted octanol–water partition coefficient (Wildman–Crippen LogP) is 3.50. The number of benzene rings is 2.